The Morgan fingerprint density at radius 1 is 0.611 bits per heavy atom. The molecule has 0 aromatic heterocycles. The normalized spacial score (nSPS) is 15.4. The fraction of sp³-hybridized carbons (Fsp3) is 1.00. The van der Waals surface area contributed by atoms with E-state index in [2.05, 4.69) is 8.37 Å². The van der Waals surface area contributed by atoms with E-state index in [4.69, 9.17) is 5.11 Å². The van der Waals surface area contributed by atoms with Gasteiger partial charge in [0.1, 0.15) is 6.10 Å². The van der Waals surface area contributed by atoms with Crippen molar-refractivity contribution in [2.75, 3.05) is 13.7 Å². The predicted molar refractivity (Wildman–Crippen MR) is 89.9 cm³/mol. The second-order valence-corrected chi connectivity index (χ2v) is 6.59. The van der Waals surface area contributed by atoms with Crippen LogP contribution in [0.5, 0.6) is 0 Å². The van der Waals surface area contributed by atoms with Gasteiger partial charge in [0.15, 0.2) is 12.3 Å². The van der Waals surface area contributed by atoms with E-state index in [1.54, 1.807) is 7.11 Å². The Morgan fingerprint density at radius 3 is 1.08 bits per heavy atom. The Labute approximate surface area is 196 Å². The van der Waals surface area contributed by atoms with Crippen LogP contribution in [0, 0.1) is 0 Å². The van der Waals surface area contributed by atoms with Gasteiger partial charge in [-0.25, -0.2) is 0 Å². The largest absolute Gasteiger partial charge is 0.460 e. The molecule has 0 bridgehead atoms. The fourth-order valence-electron chi connectivity index (χ4n) is 1.53. The molecule has 0 radical (unpaired) electrons. The summed E-state index contributed by atoms with van der Waals surface area (Å²) in [6, 6.07) is 0. The van der Waals surface area contributed by atoms with Gasteiger partial charge in [-0.15, -0.1) is 0 Å². The Bertz CT molecular complexity index is 646. The molecule has 0 aromatic carbocycles. The molecule has 0 saturated heterocycles. The molecule has 0 rings (SSSR count). The third-order valence-corrected chi connectivity index (χ3v) is 3.97. The number of alkyl halides is 17. The van der Waals surface area contributed by atoms with Gasteiger partial charge in [0, 0.05) is 0 Å². The Morgan fingerprint density at radius 2 is 0.889 bits per heavy atom. The molecule has 3 nitrogen and oxygen atoms in total. The number of hydrogen-bond acceptors (Lipinski definition) is 4. The van der Waals surface area contributed by atoms with Crippen molar-refractivity contribution >= 4 is 12.3 Å². The first kappa shape index (κ1) is 39.6. The van der Waals surface area contributed by atoms with Crippen molar-refractivity contribution in [1.29, 1.82) is 0 Å². The maximum Gasteiger partial charge on any atom is 0.460 e. The Kier molecular flexibility index (Phi) is 14.0. The van der Waals surface area contributed by atoms with Crippen LogP contribution in [0.25, 0.3) is 0 Å². The number of hydrogen-bond donors (Lipinski definition) is 1. The smallest absolute Gasteiger partial charge is 0.387 e. The first-order chi connectivity index (χ1) is 15.6. The minimum atomic E-state index is -8.65. The van der Waals surface area contributed by atoms with Gasteiger partial charge in [0.25, 0.3) is 0 Å². The number of aliphatic hydroxyl groups is 1. The highest BCUT2D eigenvalue weighted by Crippen LogP contribution is 2.64. The molecule has 0 fully saturated rings. The Balaban J connectivity index is -0.00000118. The summed E-state index contributed by atoms with van der Waals surface area (Å²) in [5.74, 6) is -56.9. The van der Waals surface area contributed by atoms with Gasteiger partial charge in [0.2, 0.25) is 0 Å². The van der Waals surface area contributed by atoms with E-state index in [0.717, 1.165) is 12.3 Å². The van der Waals surface area contributed by atoms with E-state index >= 15 is 0 Å². The molecule has 222 valence electrons. The minimum Gasteiger partial charge on any atom is -0.387 e. The standard InChI is InChI=1S/C10H5F17O.C3H8O2S.C2H6/c1-2(28)3(11,12)4(13,14)5(15,16)6(17,18)7(19,20)8(21,22)9(23,24)10(25,26)27;1-3-5-6-4-2;1-2/h2,28H,1H3;3H2,1-2H3;1-2H3. The maximum absolute atomic E-state index is 13.1. The summed E-state index contributed by atoms with van der Waals surface area (Å²) in [6.45, 7) is 6.14. The highest BCUT2D eigenvalue weighted by Gasteiger charge is 2.95. The molecule has 1 N–H and O–H groups in total. The third-order valence-electron chi connectivity index (χ3n) is 3.51. The molecule has 0 aliphatic rings. The van der Waals surface area contributed by atoms with E-state index in [-0.39, 0.29) is 0 Å². The van der Waals surface area contributed by atoms with Crippen LogP contribution >= 0.6 is 12.3 Å². The van der Waals surface area contributed by atoms with Crippen molar-refractivity contribution in [2.45, 2.75) is 81.4 Å². The molecule has 0 amide bonds. The molecule has 0 spiro atoms. The van der Waals surface area contributed by atoms with Crippen LogP contribution in [0.2, 0.25) is 0 Å². The molecule has 0 heterocycles. The third kappa shape index (κ3) is 6.72. The van der Waals surface area contributed by atoms with Gasteiger partial charge in [-0.3, -0.25) is 8.37 Å². The van der Waals surface area contributed by atoms with E-state index in [9.17, 15) is 74.6 Å². The number of aliphatic hydroxyl groups excluding tert-OH is 1. The van der Waals surface area contributed by atoms with Gasteiger partial charge in [0.05, 0.1) is 13.7 Å². The predicted octanol–water partition coefficient (Wildman–Crippen LogP) is 7.64. The number of halogens is 17. The average molecular weight is 602 g/mol. The molecule has 0 aliphatic heterocycles. The molecule has 36 heavy (non-hydrogen) atoms. The van der Waals surface area contributed by atoms with Gasteiger partial charge < -0.3 is 5.11 Å². The zero-order valence-electron chi connectivity index (χ0n) is 18.4. The van der Waals surface area contributed by atoms with Crippen molar-refractivity contribution < 1.29 is 88.1 Å². The van der Waals surface area contributed by atoms with Crippen molar-refractivity contribution in [1.82, 2.24) is 0 Å². The van der Waals surface area contributed by atoms with Gasteiger partial charge in [-0.1, -0.05) is 13.8 Å². The Hall–Kier alpha value is -0.960. The van der Waals surface area contributed by atoms with E-state index in [1.165, 1.54) is 0 Å². The van der Waals surface area contributed by atoms with E-state index in [1.807, 2.05) is 20.8 Å². The maximum atomic E-state index is 13.1. The average Bonchev–Trinajstić information content (AvgIpc) is 2.72. The first-order valence-electron chi connectivity index (χ1n) is 8.82. The molecule has 0 aliphatic carbocycles. The molecule has 21 heteroatoms. The summed E-state index contributed by atoms with van der Waals surface area (Å²) in [5, 5.41) is 8.23. The zero-order valence-corrected chi connectivity index (χ0v) is 19.2. The molecular weight excluding hydrogens is 583 g/mol. The monoisotopic (exact) mass is 602 g/mol. The summed E-state index contributed by atoms with van der Waals surface area (Å²) < 4.78 is 225. The molecule has 1 unspecified atom stereocenters. The number of rotatable bonds is 10. The van der Waals surface area contributed by atoms with Crippen LogP contribution in [0.4, 0.5) is 74.6 Å². The van der Waals surface area contributed by atoms with Crippen molar-refractivity contribution in [3.05, 3.63) is 0 Å². The summed E-state index contributed by atoms with van der Waals surface area (Å²) in [4.78, 5) is 0. The van der Waals surface area contributed by atoms with E-state index < -0.39 is 60.7 Å². The lowest BCUT2D eigenvalue weighted by Crippen LogP contribution is -2.75. The van der Waals surface area contributed by atoms with Crippen LogP contribution in [0.15, 0.2) is 0 Å². The van der Waals surface area contributed by atoms with Crippen LogP contribution in [-0.2, 0) is 8.37 Å². The van der Waals surface area contributed by atoms with E-state index in [0.29, 0.717) is 6.61 Å². The first-order valence-corrected chi connectivity index (χ1v) is 9.49. The van der Waals surface area contributed by atoms with Crippen LogP contribution < -0.4 is 0 Å². The highest BCUT2D eigenvalue weighted by atomic mass is 32.2. The molecule has 0 saturated carbocycles. The second kappa shape index (κ2) is 12.7. The fourth-order valence-corrected chi connectivity index (χ4v) is 1.73. The van der Waals surface area contributed by atoms with Gasteiger partial charge in [-0.05, 0) is 13.8 Å². The lowest BCUT2D eigenvalue weighted by atomic mass is 9.88. The van der Waals surface area contributed by atoms with Crippen LogP contribution in [0.3, 0.4) is 0 Å². The van der Waals surface area contributed by atoms with Crippen molar-refractivity contribution in [3.8, 4) is 0 Å². The van der Waals surface area contributed by atoms with Crippen molar-refractivity contribution in [2.24, 2.45) is 0 Å². The van der Waals surface area contributed by atoms with Crippen LogP contribution in [-0.4, -0.2) is 72.6 Å². The zero-order chi connectivity index (χ0) is 30.4. The van der Waals surface area contributed by atoms with Gasteiger partial charge >= 0.3 is 47.6 Å². The van der Waals surface area contributed by atoms with Crippen LogP contribution in [0.1, 0.15) is 27.7 Å². The topological polar surface area (TPSA) is 38.7 Å². The molecule has 1 atom stereocenters. The van der Waals surface area contributed by atoms with Gasteiger partial charge in [-0.2, -0.15) is 74.6 Å². The quantitative estimate of drug-likeness (QED) is 0.159. The summed E-state index contributed by atoms with van der Waals surface area (Å²) in [7, 11) is 1.57. The van der Waals surface area contributed by atoms with Crippen molar-refractivity contribution in [3.63, 3.8) is 0 Å². The minimum absolute atomic E-state index is 0.466. The summed E-state index contributed by atoms with van der Waals surface area (Å²) in [6.07, 6.45) is -11.8. The molecular formula is C15H19F17O3S. The SMILES string of the molecule is CC.CC(O)C(F)(F)C(F)(F)C(F)(F)C(F)(F)C(F)(F)C(F)(F)C(F)(F)C(F)(F)F.CCOSOC. The lowest BCUT2D eigenvalue weighted by molar-refractivity contribution is -0.463. The summed E-state index contributed by atoms with van der Waals surface area (Å²) in [5.41, 5.74) is 0. The highest BCUT2D eigenvalue weighted by molar-refractivity contribution is 7.89. The second-order valence-electron chi connectivity index (χ2n) is 5.88. The lowest BCUT2D eigenvalue weighted by Gasteiger charge is -2.43. The summed E-state index contributed by atoms with van der Waals surface area (Å²) >= 11 is 1.01. The molecule has 0 aromatic rings.